The third-order valence-electron chi connectivity index (χ3n) is 0.735. The summed E-state index contributed by atoms with van der Waals surface area (Å²) in [5.74, 6) is -0.569. The van der Waals surface area contributed by atoms with Crippen LogP contribution in [0.1, 0.15) is 0 Å². The van der Waals surface area contributed by atoms with Gasteiger partial charge in [-0.15, -0.1) is 0 Å². The van der Waals surface area contributed by atoms with Crippen molar-refractivity contribution < 1.29 is 14.6 Å². The van der Waals surface area contributed by atoms with E-state index in [-0.39, 0.29) is 13.2 Å². The van der Waals surface area contributed by atoms with Gasteiger partial charge in [0.25, 0.3) is 0 Å². The first kappa shape index (κ1) is 6.85. The quantitative estimate of drug-likeness (QED) is 0.514. The molecule has 2 nitrogen and oxygen atoms in total. The molecule has 0 atom stereocenters. The average Bonchev–Trinajstić information content (AvgIpc) is 1.72. The lowest BCUT2D eigenvalue weighted by atomic mass is 10.2. The van der Waals surface area contributed by atoms with Gasteiger partial charge in [0.15, 0.2) is 0 Å². The van der Waals surface area contributed by atoms with Gasteiger partial charge in [0.2, 0.25) is 0 Å². The highest BCUT2D eigenvalue weighted by Crippen LogP contribution is 1.91. The number of alkyl halides is 1. The predicted octanol–water partition coefficient (Wildman–Crippen LogP) is -0.443. The van der Waals surface area contributed by atoms with Gasteiger partial charge < -0.3 is 10.2 Å². The summed E-state index contributed by atoms with van der Waals surface area (Å²) < 4.78 is 11.3. The summed E-state index contributed by atoms with van der Waals surface area (Å²) in [4.78, 5) is 0. The minimum absolute atomic E-state index is 0.271. The Hall–Kier alpha value is -0.150. The Balaban J connectivity index is 2.99. The molecule has 0 aliphatic heterocycles. The van der Waals surface area contributed by atoms with Crippen LogP contribution in [0.25, 0.3) is 0 Å². The van der Waals surface area contributed by atoms with Gasteiger partial charge in [-0.05, 0) is 0 Å². The molecule has 0 heterocycles. The third-order valence-corrected chi connectivity index (χ3v) is 0.735. The second kappa shape index (κ2) is 4.02. The lowest BCUT2D eigenvalue weighted by molar-refractivity contribution is 0.129. The van der Waals surface area contributed by atoms with E-state index >= 15 is 0 Å². The lowest BCUT2D eigenvalue weighted by Crippen LogP contribution is -2.12. The van der Waals surface area contributed by atoms with Gasteiger partial charge in [-0.25, -0.2) is 0 Å². The molecule has 0 aromatic rings. The third kappa shape index (κ3) is 2.53. The molecular weight excluding hydrogens is 99.0 g/mol. The maximum absolute atomic E-state index is 11.3. The van der Waals surface area contributed by atoms with E-state index in [1.54, 1.807) is 0 Å². The Kier molecular flexibility index (Phi) is 3.93. The van der Waals surface area contributed by atoms with Crippen LogP contribution in [0, 0.1) is 5.92 Å². The number of rotatable bonds is 3. The number of halogens is 1. The molecule has 7 heavy (non-hydrogen) atoms. The van der Waals surface area contributed by atoms with E-state index < -0.39 is 12.6 Å². The van der Waals surface area contributed by atoms with Crippen LogP contribution in [0.4, 0.5) is 4.39 Å². The van der Waals surface area contributed by atoms with E-state index in [0.29, 0.717) is 0 Å². The Morgan fingerprint density at radius 2 is 1.71 bits per heavy atom. The number of aliphatic hydroxyl groups excluding tert-OH is 2. The van der Waals surface area contributed by atoms with Crippen LogP contribution in [0.2, 0.25) is 0 Å². The second-order valence-electron chi connectivity index (χ2n) is 1.39. The molecule has 0 rings (SSSR count). The smallest absolute Gasteiger partial charge is 0.0966 e. The van der Waals surface area contributed by atoms with Crippen LogP contribution >= 0.6 is 0 Å². The summed E-state index contributed by atoms with van der Waals surface area (Å²) >= 11 is 0. The molecule has 0 aliphatic carbocycles. The highest BCUT2D eigenvalue weighted by molar-refractivity contribution is 4.49. The highest BCUT2D eigenvalue weighted by Gasteiger charge is 2.01. The van der Waals surface area contributed by atoms with E-state index in [2.05, 4.69) is 0 Å². The Morgan fingerprint density at radius 3 is 1.71 bits per heavy atom. The second-order valence-corrected chi connectivity index (χ2v) is 1.39. The number of hydrogen-bond acceptors (Lipinski definition) is 2. The first-order valence-corrected chi connectivity index (χ1v) is 2.12. The zero-order valence-electron chi connectivity index (χ0n) is 3.97. The van der Waals surface area contributed by atoms with Gasteiger partial charge in [-0.2, -0.15) is 0 Å². The Morgan fingerprint density at radius 1 is 1.29 bits per heavy atom. The Labute approximate surface area is 41.6 Å². The average molecular weight is 108 g/mol. The van der Waals surface area contributed by atoms with Crippen molar-refractivity contribution in [2.75, 3.05) is 19.9 Å². The van der Waals surface area contributed by atoms with Crippen molar-refractivity contribution in [3.05, 3.63) is 0 Å². The van der Waals surface area contributed by atoms with Gasteiger partial charge in [0.05, 0.1) is 19.9 Å². The molecule has 0 aromatic heterocycles. The largest absolute Gasteiger partial charge is 0.396 e. The molecule has 0 aliphatic rings. The van der Waals surface area contributed by atoms with Crippen molar-refractivity contribution in [1.29, 1.82) is 0 Å². The van der Waals surface area contributed by atoms with Crippen LogP contribution in [-0.4, -0.2) is 30.1 Å². The first-order valence-electron chi connectivity index (χ1n) is 2.12. The summed E-state index contributed by atoms with van der Waals surface area (Å²) in [5.41, 5.74) is 0. The highest BCUT2D eigenvalue weighted by atomic mass is 19.1. The van der Waals surface area contributed by atoms with E-state index in [4.69, 9.17) is 10.2 Å². The zero-order valence-corrected chi connectivity index (χ0v) is 3.97. The van der Waals surface area contributed by atoms with Gasteiger partial charge >= 0.3 is 0 Å². The van der Waals surface area contributed by atoms with Gasteiger partial charge in [0, 0.05) is 5.92 Å². The van der Waals surface area contributed by atoms with Gasteiger partial charge in [-0.3, -0.25) is 4.39 Å². The molecule has 0 bridgehead atoms. The standard InChI is InChI=1S/C4H9FO2/c5-1-4(2-6)3-7/h4,6-7H,1-3H2. The number of aliphatic hydroxyl groups is 2. The first-order chi connectivity index (χ1) is 3.35. The van der Waals surface area contributed by atoms with Crippen molar-refractivity contribution in [3.63, 3.8) is 0 Å². The fourth-order valence-corrected chi connectivity index (χ4v) is 0.155. The van der Waals surface area contributed by atoms with Crippen LogP contribution in [0.15, 0.2) is 0 Å². The topological polar surface area (TPSA) is 40.5 Å². The summed E-state index contributed by atoms with van der Waals surface area (Å²) in [6.45, 7) is -1.19. The van der Waals surface area contributed by atoms with E-state index in [9.17, 15) is 4.39 Å². The molecular formula is C4H9FO2. The molecule has 0 saturated carbocycles. The summed E-state index contributed by atoms with van der Waals surface area (Å²) in [7, 11) is 0. The van der Waals surface area contributed by atoms with Crippen molar-refractivity contribution in [3.8, 4) is 0 Å². The molecule has 3 heteroatoms. The Bertz CT molecular complexity index is 31.2. The molecule has 0 amide bonds. The number of hydrogen-bond donors (Lipinski definition) is 2. The molecule has 0 saturated heterocycles. The molecule has 0 spiro atoms. The van der Waals surface area contributed by atoms with Crippen molar-refractivity contribution >= 4 is 0 Å². The van der Waals surface area contributed by atoms with Crippen molar-refractivity contribution in [2.45, 2.75) is 0 Å². The van der Waals surface area contributed by atoms with Crippen LogP contribution < -0.4 is 0 Å². The molecule has 0 unspecified atom stereocenters. The fraction of sp³-hybridized carbons (Fsp3) is 1.00. The predicted molar refractivity (Wildman–Crippen MR) is 23.6 cm³/mol. The van der Waals surface area contributed by atoms with Crippen LogP contribution in [0.3, 0.4) is 0 Å². The van der Waals surface area contributed by atoms with Crippen LogP contribution in [-0.2, 0) is 0 Å². The van der Waals surface area contributed by atoms with Crippen molar-refractivity contribution in [1.82, 2.24) is 0 Å². The monoisotopic (exact) mass is 108 g/mol. The van der Waals surface area contributed by atoms with Crippen molar-refractivity contribution in [2.24, 2.45) is 5.92 Å². The molecule has 44 valence electrons. The van der Waals surface area contributed by atoms with E-state index in [0.717, 1.165) is 0 Å². The maximum atomic E-state index is 11.3. The summed E-state index contributed by atoms with van der Waals surface area (Å²) in [5, 5.41) is 16.3. The molecule has 0 fully saturated rings. The minimum Gasteiger partial charge on any atom is -0.396 e. The summed E-state index contributed by atoms with van der Waals surface area (Å²) in [6.07, 6.45) is 0. The maximum Gasteiger partial charge on any atom is 0.0966 e. The SMILES string of the molecule is OCC(CO)CF. The van der Waals surface area contributed by atoms with E-state index in [1.165, 1.54) is 0 Å². The zero-order chi connectivity index (χ0) is 5.70. The lowest BCUT2D eigenvalue weighted by Gasteiger charge is -2.01. The summed E-state index contributed by atoms with van der Waals surface area (Å²) in [6, 6.07) is 0. The fourth-order valence-electron chi connectivity index (χ4n) is 0.155. The van der Waals surface area contributed by atoms with Crippen LogP contribution in [0.5, 0.6) is 0 Å². The van der Waals surface area contributed by atoms with Gasteiger partial charge in [0.1, 0.15) is 0 Å². The molecule has 2 N–H and O–H groups in total. The minimum atomic E-state index is -0.646. The van der Waals surface area contributed by atoms with Gasteiger partial charge in [-0.1, -0.05) is 0 Å². The molecule has 0 aromatic carbocycles. The normalized spacial score (nSPS) is 10.3. The molecule has 0 radical (unpaired) electrons. The van der Waals surface area contributed by atoms with E-state index in [1.807, 2.05) is 0 Å².